The zero-order valence-corrected chi connectivity index (χ0v) is 11.8. The SMILES string of the molecule is CC.CC1(C)C2=C(CC=CC=C2)c2ccccc21. The van der Waals surface area contributed by atoms with Gasteiger partial charge in [-0.2, -0.15) is 0 Å². The summed E-state index contributed by atoms with van der Waals surface area (Å²) in [6.07, 6.45) is 9.89. The van der Waals surface area contributed by atoms with Gasteiger partial charge in [-0.05, 0) is 28.7 Å². The Hall–Kier alpha value is -1.56. The fourth-order valence-electron chi connectivity index (χ4n) is 2.90. The number of hydrogen-bond acceptors (Lipinski definition) is 0. The number of allylic oxidation sites excluding steroid dienone is 6. The normalized spacial score (nSPS) is 18.7. The maximum atomic E-state index is 2.32. The number of fused-ring (bicyclic) bond motifs is 2. The molecule has 0 saturated carbocycles. The Morgan fingerprint density at radius 2 is 1.72 bits per heavy atom. The first-order valence-electron chi connectivity index (χ1n) is 6.88. The van der Waals surface area contributed by atoms with Gasteiger partial charge in [0.1, 0.15) is 0 Å². The molecule has 0 aliphatic heterocycles. The summed E-state index contributed by atoms with van der Waals surface area (Å²) >= 11 is 0. The molecule has 2 aliphatic rings. The van der Waals surface area contributed by atoms with Crippen LogP contribution in [-0.2, 0) is 5.41 Å². The third-order valence-electron chi connectivity index (χ3n) is 3.76. The van der Waals surface area contributed by atoms with Crippen molar-refractivity contribution in [2.45, 2.75) is 39.5 Å². The molecule has 1 aromatic carbocycles. The van der Waals surface area contributed by atoms with Crippen LogP contribution in [0.15, 0.2) is 54.1 Å². The fraction of sp³-hybridized carbons (Fsp3) is 0.333. The first-order chi connectivity index (χ1) is 8.71. The van der Waals surface area contributed by atoms with Gasteiger partial charge in [0, 0.05) is 5.41 Å². The molecule has 0 unspecified atom stereocenters. The Morgan fingerprint density at radius 3 is 2.50 bits per heavy atom. The Bertz CT molecular complexity index is 525. The number of benzene rings is 1. The number of hydrogen-bond donors (Lipinski definition) is 0. The summed E-state index contributed by atoms with van der Waals surface area (Å²) in [5.41, 5.74) is 6.07. The van der Waals surface area contributed by atoms with Gasteiger partial charge in [0.15, 0.2) is 0 Å². The molecule has 18 heavy (non-hydrogen) atoms. The van der Waals surface area contributed by atoms with E-state index in [-0.39, 0.29) is 5.41 Å². The van der Waals surface area contributed by atoms with Crippen LogP contribution in [0.25, 0.3) is 5.57 Å². The van der Waals surface area contributed by atoms with Crippen LogP contribution < -0.4 is 0 Å². The van der Waals surface area contributed by atoms with Gasteiger partial charge < -0.3 is 0 Å². The standard InChI is InChI=1S/C16H16.C2H6/c1-16(2)14-10-5-3-4-8-12(14)13-9-6-7-11-15(13)16;1-2/h3-7,9-11H,8H2,1-2H3;1-2H3. The summed E-state index contributed by atoms with van der Waals surface area (Å²) in [5, 5.41) is 0. The second kappa shape index (κ2) is 4.97. The van der Waals surface area contributed by atoms with Crippen LogP contribution in [0.2, 0.25) is 0 Å². The highest BCUT2D eigenvalue weighted by Gasteiger charge is 2.35. The van der Waals surface area contributed by atoms with Crippen LogP contribution in [-0.4, -0.2) is 0 Å². The fourth-order valence-corrected chi connectivity index (χ4v) is 2.90. The predicted octanol–water partition coefficient (Wildman–Crippen LogP) is 5.27. The van der Waals surface area contributed by atoms with E-state index in [9.17, 15) is 0 Å². The summed E-state index contributed by atoms with van der Waals surface area (Å²) in [7, 11) is 0. The molecule has 0 saturated heterocycles. The lowest BCUT2D eigenvalue weighted by Crippen LogP contribution is -2.15. The predicted molar refractivity (Wildman–Crippen MR) is 80.6 cm³/mol. The van der Waals surface area contributed by atoms with E-state index in [1.54, 1.807) is 0 Å². The van der Waals surface area contributed by atoms with Crippen LogP contribution in [0.4, 0.5) is 0 Å². The molecule has 0 bridgehead atoms. The minimum absolute atomic E-state index is 0.161. The molecule has 0 radical (unpaired) electrons. The van der Waals surface area contributed by atoms with E-state index in [0.717, 1.165) is 6.42 Å². The van der Waals surface area contributed by atoms with Crippen LogP contribution >= 0.6 is 0 Å². The largest absolute Gasteiger partial charge is 0.0801 e. The van der Waals surface area contributed by atoms with Gasteiger partial charge in [-0.3, -0.25) is 0 Å². The van der Waals surface area contributed by atoms with Crippen molar-refractivity contribution in [3.63, 3.8) is 0 Å². The van der Waals surface area contributed by atoms with Crippen molar-refractivity contribution in [1.29, 1.82) is 0 Å². The number of rotatable bonds is 0. The second-order valence-corrected chi connectivity index (χ2v) is 5.05. The van der Waals surface area contributed by atoms with E-state index in [0.29, 0.717) is 0 Å². The molecule has 0 aromatic heterocycles. The van der Waals surface area contributed by atoms with E-state index in [2.05, 4.69) is 62.4 Å². The van der Waals surface area contributed by atoms with E-state index in [1.807, 2.05) is 13.8 Å². The quantitative estimate of drug-likeness (QED) is 0.577. The Morgan fingerprint density at radius 1 is 1.00 bits per heavy atom. The first-order valence-corrected chi connectivity index (χ1v) is 6.88. The van der Waals surface area contributed by atoms with Gasteiger partial charge >= 0.3 is 0 Å². The van der Waals surface area contributed by atoms with Crippen molar-refractivity contribution < 1.29 is 0 Å². The summed E-state index contributed by atoms with van der Waals surface area (Å²) < 4.78 is 0. The molecule has 0 amide bonds. The van der Waals surface area contributed by atoms with Crippen LogP contribution in [0.5, 0.6) is 0 Å². The molecule has 0 heteroatoms. The zero-order chi connectivity index (χ0) is 13.2. The van der Waals surface area contributed by atoms with Gasteiger partial charge in [-0.1, -0.05) is 76.3 Å². The van der Waals surface area contributed by atoms with E-state index < -0.39 is 0 Å². The maximum Gasteiger partial charge on any atom is 0.0155 e. The molecule has 0 N–H and O–H groups in total. The smallest absolute Gasteiger partial charge is 0.0155 e. The minimum Gasteiger partial charge on any atom is -0.0801 e. The van der Waals surface area contributed by atoms with Crippen LogP contribution in [0.1, 0.15) is 45.2 Å². The molecule has 0 fully saturated rings. The third-order valence-corrected chi connectivity index (χ3v) is 3.76. The van der Waals surface area contributed by atoms with E-state index in [1.165, 1.54) is 22.3 Å². The summed E-state index contributed by atoms with van der Waals surface area (Å²) in [4.78, 5) is 0. The van der Waals surface area contributed by atoms with E-state index >= 15 is 0 Å². The Labute approximate surface area is 111 Å². The second-order valence-electron chi connectivity index (χ2n) is 5.05. The van der Waals surface area contributed by atoms with Crippen molar-refractivity contribution in [1.82, 2.24) is 0 Å². The van der Waals surface area contributed by atoms with Gasteiger partial charge in [-0.25, -0.2) is 0 Å². The highest BCUT2D eigenvalue weighted by Crippen LogP contribution is 2.48. The lowest BCUT2D eigenvalue weighted by molar-refractivity contribution is 0.654. The molecule has 0 nitrogen and oxygen atoms in total. The van der Waals surface area contributed by atoms with Crippen molar-refractivity contribution in [3.8, 4) is 0 Å². The highest BCUT2D eigenvalue weighted by atomic mass is 14.4. The molecule has 3 rings (SSSR count). The van der Waals surface area contributed by atoms with Crippen molar-refractivity contribution in [2.75, 3.05) is 0 Å². The average molecular weight is 238 g/mol. The average Bonchev–Trinajstić information content (AvgIpc) is 2.59. The van der Waals surface area contributed by atoms with Crippen molar-refractivity contribution >= 4 is 5.57 Å². The van der Waals surface area contributed by atoms with Gasteiger partial charge in [0.25, 0.3) is 0 Å². The maximum absolute atomic E-state index is 2.32. The molecular formula is C18H22. The third kappa shape index (κ3) is 1.86. The molecule has 1 aromatic rings. The zero-order valence-electron chi connectivity index (χ0n) is 11.8. The van der Waals surface area contributed by atoms with Gasteiger partial charge in [0.05, 0.1) is 0 Å². The van der Waals surface area contributed by atoms with Crippen LogP contribution in [0.3, 0.4) is 0 Å². The van der Waals surface area contributed by atoms with Crippen molar-refractivity contribution in [2.24, 2.45) is 0 Å². The topological polar surface area (TPSA) is 0 Å². The Balaban J connectivity index is 0.000000574. The van der Waals surface area contributed by atoms with Gasteiger partial charge in [-0.15, -0.1) is 0 Å². The molecule has 0 spiro atoms. The lowest BCUT2D eigenvalue weighted by Gasteiger charge is -2.22. The lowest BCUT2D eigenvalue weighted by atomic mass is 9.81. The summed E-state index contributed by atoms with van der Waals surface area (Å²) in [6, 6.07) is 8.81. The summed E-state index contributed by atoms with van der Waals surface area (Å²) in [5.74, 6) is 0. The molecule has 2 aliphatic carbocycles. The van der Waals surface area contributed by atoms with Crippen LogP contribution in [0, 0.1) is 0 Å². The molecule has 0 heterocycles. The molecule has 94 valence electrons. The molecule has 0 atom stereocenters. The minimum atomic E-state index is 0.161. The summed E-state index contributed by atoms with van der Waals surface area (Å²) in [6.45, 7) is 8.65. The first kappa shape index (κ1) is 12.9. The van der Waals surface area contributed by atoms with Gasteiger partial charge in [0.2, 0.25) is 0 Å². The van der Waals surface area contributed by atoms with Crippen molar-refractivity contribution in [3.05, 3.63) is 65.3 Å². The highest BCUT2D eigenvalue weighted by molar-refractivity contribution is 5.83. The molecular weight excluding hydrogens is 216 g/mol. The van der Waals surface area contributed by atoms with E-state index in [4.69, 9.17) is 0 Å². The Kier molecular flexibility index (Phi) is 3.56. The monoisotopic (exact) mass is 238 g/mol.